The number of carbonyl (C=O) groups is 1. The molecule has 0 saturated carbocycles. The van der Waals surface area contributed by atoms with Gasteiger partial charge in [-0.05, 0) is 12.5 Å². The molecule has 0 unspecified atom stereocenters. The summed E-state index contributed by atoms with van der Waals surface area (Å²) in [7, 11) is 0. The van der Waals surface area contributed by atoms with Gasteiger partial charge in [0.25, 0.3) is 0 Å². The molecule has 1 aromatic carbocycles. The maximum Gasteiger partial charge on any atom is 0.220 e. The average Bonchev–Trinajstić information content (AvgIpc) is 2.60. The van der Waals surface area contributed by atoms with Gasteiger partial charge in [0.2, 0.25) is 5.91 Å². The van der Waals surface area contributed by atoms with Crippen LogP contribution in [0.4, 0.5) is 0 Å². The molecule has 0 aliphatic rings. The third-order valence-corrected chi connectivity index (χ3v) is 3.90. The van der Waals surface area contributed by atoms with Crippen LogP contribution in [0.3, 0.4) is 0 Å². The van der Waals surface area contributed by atoms with E-state index in [9.17, 15) is 9.90 Å². The molecule has 5 nitrogen and oxygen atoms in total. The summed E-state index contributed by atoms with van der Waals surface area (Å²) < 4.78 is 5.74. The molecule has 0 bridgehead atoms. The van der Waals surface area contributed by atoms with E-state index >= 15 is 0 Å². The molecule has 3 N–H and O–H groups in total. The van der Waals surface area contributed by atoms with Crippen LogP contribution in [0.15, 0.2) is 24.3 Å². The van der Waals surface area contributed by atoms with Crippen molar-refractivity contribution in [1.82, 2.24) is 10.6 Å². The van der Waals surface area contributed by atoms with Gasteiger partial charge in [-0.3, -0.25) is 4.79 Å². The van der Waals surface area contributed by atoms with E-state index < -0.39 is 6.10 Å². The first-order valence-electron chi connectivity index (χ1n) is 9.41. The average molecular weight is 351 g/mol. The Labute approximate surface area is 152 Å². The van der Waals surface area contributed by atoms with Gasteiger partial charge in [-0.1, -0.05) is 58.2 Å². The van der Waals surface area contributed by atoms with Gasteiger partial charge in [0.05, 0.1) is 0 Å². The summed E-state index contributed by atoms with van der Waals surface area (Å²) in [6.45, 7) is 7.40. The van der Waals surface area contributed by atoms with Gasteiger partial charge in [-0.15, -0.1) is 0 Å². The standard InChI is InChI=1S/C20H34N2O3/c1-4-5-6-7-12-20(24)22-13-17-10-8-9-11-19(17)25-15-18(23)14-21-16(2)3/h8-11,16,18,21,23H,4-7,12-15H2,1-3H3,(H,22,24)/t18-/m1/s1. The largest absolute Gasteiger partial charge is 0.490 e. The van der Waals surface area contributed by atoms with Crippen LogP contribution >= 0.6 is 0 Å². The number of para-hydroxylation sites is 1. The highest BCUT2D eigenvalue weighted by Crippen LogP contribution is 2.18. The second-order valence-corrected chi connectivity index (χ2v) is 6.72. The Bertz CT molecular complexity index is 492. The summed E-state index contributed by atoms with van der Waals surface area (Å²) >= 11 is 0. The topological polar surface area (TPSA) is 70.6 Å². The SMILES string of the molecule is CCCCCCC(=O)NCc1ccccc1OC[C@H](O)CNC(C)C. The van der Waals surface area contributed by atoms with Crippen LogP contribution in [0.1, 0.15) is 58.4 Å². The highest BCUT2D eigenvalue weighted by atomic mass is 16.5. The van der Waals surface area contributed by atoms with Crippen LogP contribution in [-0.2, 0) is 11.3 Å². The number of amides is 1. The van der Waals surface area contributed by atoms with Gasteiger partial charge in [0.1, 0.15) is 18.5 Å². The van der Waals surface area contributed by atoms with E-state index in [2.05, 4.69) is 17.6 Å². The quantitative estimate of drug-likeness (QED) is 0.478. The molecule has 0 aromatic heterocycles. The van der Waals surface area contributed by atoms with Crippen molar-refractivity contribution in [2.45, 2.75) is 71.6 Å². The minimum Gasteiger partial charge on any atom is -0.490 e. The van der Waals surface area contributed by atoms with Gasteiger partial charge in [0, 0.05) is 31.1 Å². The highest BCUT2D eigenvalue weighted by molar-refractivity contribution is 5.75. The number of nitrogens with one attached hydrogen (secondary N) is 2. The summed E-state index contributed by atoms with van der Waals surface area (Å²) in [4.78, 5) is 11.9. The number of aliphatic hydroxyl groups excluding tert-OH is 1. The van der Waals surface area contributed by atoms with Crippen molar-refractivity contribution in [3.63, 3.8) is 0 Å². The molecule has 0 aliphatic carbocycles. The summed E-state index contributed by atoms with van der Waals surface area (Å²) in [6, 6.07) is 7.95. The lowest BCUT2D eigenvalue weighted by Crippen LogP contribution is -2.35. The van der Waals surface area contributed by atoms with Crippen molar-refractivity contribution >= 4 is 5.91 Å². The van der Waals surface area contributed by atoms with Crippen molar-refractivity contribution in [3.8, 4) is 5.75 Å². The van der Waals surface area contributed by atoms with Gasteiger partial charge < -0.3 is 20.5 Å². The Morgan fingerprint density at radius 3 is 2.68 bits per heavy atom. The zero-order valence-corrected chi connectivity index (χ0v) is 15.9. The second-order valence-electron chi connectivity index (χ2n) is 6.72. The maximum absolute atomic E-state index is 11.9. The number of benzene rings is 1. The molecular weight excluding hydrogens is 316 g/mol. The summed E-state index contributed by atoms with van der Waals surface area (Å²) in [6.07, 6.45) is 4.40. The molecule has 0 spiro atoms. The fraction of sp³-hybridized carbons (Fsp3) is 0.650. The van der Waals surface area contributed by atoms with E-state index in [1.165, 1.54) is 12.8 Å². The fourth-order valence-electron chi connectivity index (χ4n) is 2.40. The Kier molecular flexibility index (Phi) is 10.9. The lowest BCUT2D eigenvalue weighted by molar-refractivity contribution is -0.121. The van der Waals surface area contributed by atoms with Crippen LogP contribution in [0.25, 0.3) is 0 Å². The van der Waals surface area contributed by atoms with Crippen LogP contribution in [0.5, 0.6) is 5.75 Å². The number of carbonyl (C=O) groups excluding carboxylic acids is 1. The first-order valence-corrected chi connectivity index (χ1v) is 9.41. The highest BCUT2D eigenvalue weighted by Gasteiger charge is 2.09. The molecule has 5 heteroatoms. The van der Waals surface area contributed by atoms with Gasteiger partial charge in [-0.2, -0.15) is 0 Å². The lowest BCUT2D eigenvalue weighted by Gasteiger charge is -2.17. The van der Waals surface area contributed by atoms with Crippen LogP contribution in [0.2, 0.25) is 0 Å². The lowest BCUT2D eigenvalue weighted by atomic mass is 10.1. The van der Waals surface area contributed by atoms with Crippen LogP contribution in [-0.4, -0.2) is 36.3 Å². The molecule has 142 valence electrons. The molecule has 1 rings (SSSR count). The summed E-state index contributed by atoms with van der Waals surface area (Å²) in [5.74, 6) is 0.782. The molecular formula is C20H34N2O3. The number of unbranched alkanes of at least 4 members (excludes halogenated alkanes) is 3. The number of hydrogen-bond acceptors (Lipinski definition) is 4. The Morgan fingerprint density at radius 1 is 1.20 bits per heavy atom. The second kappa shape index (κ2) is 12.7. The molecule has 0 radical (unpaired) electrons. The zero-order chi connectivity index (χ0) is 18.5. The predicted molar refractivity (Wildman–Crippen MR) is 102 cm³/mol. The van der Waals surface area contributed by atoms with Crippen molar-refractivity contribution < 1.29 is 14.6 Å². The molecule has 1 aromatic rings. The molecule has 1 atom stereocenters. The first kappa shape index (κ1) is 21.5. The normalized spacial score (nSPS) is 12.2. The van der Waals surface area contributed by atoms with Crippen molar-refractivity contribution in [3.05, 3.63) is 29.8 Å². The van der Waals surface area contributed by atoms with Gasteiger partial charge >= 0.3 is 0 Å². The molecule has 0 heterocycles. The molecule has 25 heavy (non-hydrogen) atoms. The maximum atomic E-state index is 11.9. The summed E-state index contributed by atoms with van der Waals surface area (Å²) in [5.41, 5.74) is 0.924. The van der Waals surface area contributed by atoms with E-state index in [1.54, 1.807) is 0 Å². The fourth-order valence-corrected chi connectivity index (χ4v) is 2.40. The third kappa shape index (κ3) is 10.1. The molecule has 0 fully saturated rings. The number of rotatable bonds is 13. The van der Waals surface area contributed by atoms with Crippen molar-refractivity contribution in [2.75, 3.05) is 13.2 Å². The minimum atomic E-state index is -0.566. The smallest absolute Gasteiger partial charge is 0.220 e. The van der Waals surface area contributed by atoms with E-state index in [0.717, 1.165) is 18.4 Å². The number of hydrogen-bond donors (Lipinski definition) is 3. The Hall–Kier alpha value is -1.59. The summed E-state index contributed by atoms with van der Waals surface area (Å²) in [5, 5.41) is 16.1. The third-order valence-electron chi connectivity index (χ3n) is 3.90. The van der Waals surface area contributed by atoms with E-state index in [0.29, 0.717) is 31.3 Å². The minimum absolute atomic E-state index is 0.0760. The van der Waals surface area contributed by atoms with Gasteiger partial charge in [0.15, 0.2) is 0 Å². The molecule has 0 aliphatic heterocycles. The van der Waals surface area contributed by atoms with Crippen molar-refractivity contribution in [1.29, 1.82) is 0 Å². The number of ether oxygens (including phenoxy) is 1. The monoisotopic (exact) mass is 350 g/mol. The number of aliphatic hydroxyl groups is 1. The first-order chi connectivity index (χ1) is 12.0. The molecule has 0 saturated heterocycles. The van der Waals surface area contributed by atoms with Crippen molar-refractivity contribution in [2.24, 2.45) is 0 Å². The van der Waals surface area contributed by atoms with E-state index in [1.807, 2.05) is 38.1 Å². The van der Waals surface area contributed by atoms with E-state index in [4.69, 9.17) is 4.74 Å². The van der Waals surface area contributed by atoms with Gasteiger partial charge in [-0.25, -0.2) is 0 Å². The predicted octanol–water partition coefficient (Wildman–Crippen LogP) is 3.01. The Balaban J connectivity index is 2.39. The van der Waals surface area contributed by atoms with Crippen LogP contribution < -0.4 is 15.4 Å². The Morgan fingerprint density at radius 2 is 1.96 bits per heavy atom. The van der Waals surface area contributed by atoms with Crippen LogP contribution in [0, 0.1) is 0 Å². The zero-order valence-electron chi connectivity index (χ0n) is 15.9. The molecule has 1 amide bonds. The van der Waals surface area contributed by atoms with E-state index in [-0.39, 0.29) is 12.5 Å².